The first-order valence-electron chi connectivity index (χ1n) is 5.64. The third-order valence-corrected chi connectivity index (χ3v) is 3.02. The van der Waals surface area contributed by atoms with Crippen LogP contribution in [0.25, 0.3) is 33.3 Å². The van der Waals surface area contributed by atoms with E-state index in [0.717, 1.165) is 33.3 Å². The Kier molecular flexibility index (Phi) is 1.77. The number of nitrogens with one attached hydrogen (secondary N) is 2. The van der Waals surface area contributed by atoms with Gasteiger partial charge in [0.25, 0.3) is 0 Å². The van der Waals surface area contributed by atoms with E-state index in [1.807, 2.05) is 24.4 Å². The molecule has 4 rings (SSSR count). The van der Waals surface area contributed by atoms with Gasteiger partial charge in [-0.1, -0.05) is 0 Å². The van der Waals surface area contributed by atoms with Gasteiger partial charge in [-0.3, -0.25) is 10.1 Å². The normalized spacial score (nSPS) is 11.3. The monoisotopic (exact) mass is 235 g/mol. The average Bonchev–Trinajstić information content (AvgIpc) is 3.02. The standard InChI is InChI=1S/C13H9N5/c1-2-9-12(17-18-13(9)15-4-1)10-6-8-3-5-14-7-11(8)16-10/h1-7,16H,(H,15,17,18). The number of nitrogens with zero attached hydrogens (tertiary/aromatic N) is 3. The molecule has 0 saturated carbocycles. The molecule has 0 aliphatic carbocycles. The minimum Gasteiger partial charge on any atom is -0.352 e. The number of pyridine rings is 2. The number of H-pyrrole nitrogens is 2. The van der Waals surface area contributed by atoms with Crippen LogP contribution in [-0.2, 0) is 0 Å². The van der Waals surface area contributed by atoms with E-state index in [1.165, 1.54) is 0 Å². The smallest absolute Gasteiger partial charge is 0.155 e. The van der Waals surface area contributed by atoms with Crippen LogP contribution in [0.4, 0.5) is 0 Å². The Morgan fingerprint density at radius 3 is 3.06 bits per heavy atom. The van der Waals surface area contributed by atoms with Crippen LogP contribution >= 0.6 is 0 Å². The van der Waals surface area contributed by atoms with Gasteiger partial charge < -0.3 is 4.98 Å². The lowest BCUT2D eigenvalue weighted by atomic mass is 10.2. The first-order chi connectivity index (χ1) is 8.92. The van der Waals surface area contributed by atoms with Crippen LogP contribution in [0.2, 0.25) is 0 Å². The molecule has 0 aliphatic heterocycles. The van der Waals surface area contributed by atoms with Gasteiger partial charge in [-0.2, -0.15) is 5.10 Å². The lowest BCUT2D eigenvalue weighted by molar-refractivity contribution is 1.10. The van der Waals surface area contributed by atoms with E-state index >= 15 is 0 Å². The maximum atomic E-state index is 4.32. The molecule has 0 atom stereocenters. The van der Waals surface area contributed by atoms with Crippen molar-refractivity contribution < 1.29 is 0 Å². The lowest BCUT2D eigenvalue weighted by Crippen LogP contribution is -1.78. The predicted octanol–water partition coefficient (Wildman–Crippen LogP) is 2.50. The summed E-state index contributed by atoms with van der Waals surface area (Å²) in [4.78, 5) is 11.7. The molecule has 5 heteroatoms. The SMILES string of the molecule is c1cnc2[nH]nc(-c3cc4ccncc4[nH]3)c2c1. The summed E-state index contributed by atoms with van der Waals surface area (Å²) >= 11 is 0. The second kappa shape index (κ2) is 3.40. The zero-order valence-electron chi connectivity index (χ0n) is 9.38. The third kappa shape index (κ3) is 1.24. The number of rotatable bonds is 1. The number of aromatic amines is 2. The van der Waals surface area contributed by atoms with Crippen molar-refractivity contribution in [2.75, 3.05) is 0 Å². The van der Waals surface area contributed by atoms with Crippen LogP contribution in [0.3, 0.4) is 0 Å². The molecule has 0 fully saturated rings. The highest BCUT2D eigenvalue weighted by molar-refractivity contribution is 5.93. The van der Waals surface area contributed by atoms with Crippen molar-refractivity contribution in [2.24, 2.45) is 0 Å². The van der Waals surface area contributed by atoms with Crippen molar-refractivity contribution in [1.29, 1.82) is 0 Å². The van der Waals surface area contributed by atoms with Gasteiger partial charge in [0.15, 0.2) is 5.65 Å². The first kappa shape index (κ1) is 9.35. The van der Waals surface area contributed by atoms with Gasteiger partial charge in [0, 0.05) is 23.2 Å². The molecule has 0 aromatic carbocycles. The zero-order valence-corrected chi connectivity index (χ0v) is 9.38. The summed E-state index contributed by atoms with van der Waals surface area (Å²) in [6, 6.07) is 7.96. The topological polar surface area (TPSA) is 70.2 Å². The molecule has 5 nitrogen and oxygen atoms in total. The summed E-state index contributed by atoms with van der Waals surface area (Å²) in [7, 11) is 0. The second-order valence-electron chi connectivity index (χ2n) is 4.12. The van der Waals surface area contributed by atoms with Crippen LogP contribution < -0.4 is 0 Å². The van der Waals surface area contributed by atoms with E-state index < -0.39 is 0 Å². The van der Waals surface area contributed by atoms with Gasteiger partial charge in [0.1, 0.15) is 5.69 Å². The van der Waals surface area contributed by atoms with Gasteiger partial charge >= 0.3 is 0 Å². The molecule has 0 spiro atoms. The van der Waals surface area contributed by atoms with E-state index in [2.05, 4.69) is 31.2 Å². The Hall–Kier alpha value is -2.69. The van der Waals surface area contributed by atoms with Crippen LogP contribution in [0, 0.1) is 0 Å². The molecule has 0 unspecified atom stereocenters. The van der Waals surface area contributed by atoms with E-state index in [1.54, 1.807) is 12.4 Å². The van der Waals surface area contributed by atoms with E-state index in [-0.39, 0.29) is 0 Å². The molecule has 0 saturated heterocycles. The lowest BCUT2D eigenvalue weighted by Gasteiger charge is -1.91. The van der Waals surface area contributed by atoms with Gasteiger partial charge in [-0.25, -0.2) is 4.98 Å². The summed E-state index contributed by atoms with van der Waals surface area (Å²) < 4.78 is 0. The van der Waals surface area contributed by atoms with Crippen molar-refractivity contribution in [3.63, 3.8) is 0 Å². The maximum Gasteiger partial charge on any atom is 0.155 e. The Morgan fingerprint density at radius 2 is 2.11 bits per heavy atom. The predicted molar refractivity (Wildman–Crippen MR) is 69.0 cm³/mol. The van der Waals surface area contributed by atoms with E-state index in [4.69, 9.17) is 0 Å². The average molecular weight is 235 g/mol. The highest BCUT2D eigenvalue weighted by Crippen LogP contribution is 2.27. The zero-order chi connectivity index (χ0) is 11.9. The molecule has 0 bridgehead atoms. The Bertz CT molecular complexity index is 809. The Labute approximate surface area is 102 Å². The summed E-state index contributed by atoms with van der Waals surface area (Å²) in [5.74, 6) is 0. The van der Waals surface area contributed by atoms with Gasteiger partial charge in [-0.15, -0.1) is 0 Å². The van der Waals surface area contributed by atoms with E-state index in [9.17, 15) is 0 Å². The minimum atomic E-state index is 0.796. The maximum absolute atomic E-state index is 4.32. The minimum absolute atomic E-state index is 0.796. The highest BCUT2D eigenvalue weighted by Gasteiger charge is 2.10. The Morgan fingerprint density at radius 1 is 1.11 bits per heavy atom. The first-order valence-corrected chi connectivity index (χ1v) is 5.64. The van der Waals surface area contributed by atoms with Gasteiger partial charge in [0.05, 0.1) is 17.4 Å². The van der Waals surface area contributed by atoms with Crippen molar-refractivity contribution in [2.45, 2.75) is 0 Å². The number of aromatic nitrogens is 5. The number of hydrogen-bond acceptors (Lipinski definition) is 3. The fraction of sp³-hybridized carbons (Fsp3) is 0. The van der Waals surface area contributed by atoms with Crippen molar-refractivity contribution in [3.05, 3.63) is 42.9 Å². The number of hydrogen-bond donors (Lipinski definition) is 2. The molecule has 4 aromatic rings. The molecule has 2 N–H and O–H groups in total. The fourth-order valence-corrected chi connectivity index (χ4v) is 2.16. The summed E-state index contributed by atoms with van der Waals surface area (Å²) in [5, 5.41) is 9.39. The Balaban J connectivity index is 2.01. The molecule has 18 heavy (non-hydrogen) atoms. The van der Waals surface area contributed by atoms with E-state index in [0.29, 0.717) is 0 Å². The van der Waals surface area contributed by atoms with Crippen molar-refractivity contribution in [1.82, 2.24) is 25.1 Å². The quantitative estimate of drug-likeness (QED) is 0.532. The molecule has 0 aliphatic rings. The van der Waals surface area contributed by atoms with Crippen LogP contribution in [-0.4, -0.2) is 25.1 Å². The van der Waals surface area contributed by atoms with Crippen LogP contribution in [0.1, 0.15) is 0 Å². The third-order valence-electron chi connectivity index (χ3n) is 3.02. The largest absolute Gasteiger partial charge is 0.352 e. The highest BCUT2D eigenvalue weighted by atomic mass is 15.2. The summed E-state index contributed by atoms with van der Waals surface area (Å²) in [5.41, 5.74) is 3.66. The molecular weight excluding hydrogens is 226 g/mol. The fourth-order valence-electron chi connectivity index (χ4n) is 2.16. The molecular formula is C13H9N5. The summed E-state index contributed by atoms with van der Waals surface area (Å²) in [6.45, 7) is 0. The molecule has 86 valence electrons. The van der Waals surface area contributed by atoms with Crippen LogP contribution in [0.15, 0.2) is 42.9 Å². The van der Waals surface area contributed by atoms with Gasteiger partial charge in [0.2, 0.25) is 0 Å². The van der Waals surface area contributed by atoms with Gasteiger partial charge in [-0.05, 0) is 24.3 Å². The van der Waals surface area contributed by atoms with Crippen molar-refractivity contribution in [3.8, 4) is 11.4 Å². The molecule has 4 aromatic heterocycles. The van der Waals surface area contributed by atoms with Crippen molar-refractivity contribution >= 4 is 21.9 Å². The molecule has 4 heterocycles. The molecule has 0 amide bonds. The summed E-state index contributed by atoms with van der Waals surface area (Å²) in [6.07, 6.45) is 5.34. The second-order valence-corrected chi connectivity index (χ2v) is 4.12. The molecule has 0 radical (unpaired) electrons. The number of fused-ring (bicyclic) bond motifs is 2. The van der Waals surface area contributed by atoms with Crippen LogP contribution in [0.5, 0.6) is 0 Å².